The van der Waals surface area contributed by atoms with Crippen molar-refractivity contribution in [3.8, 4) is 11.5 Å². The minimum atomic E-state index is -0.827. The molecule has 0 aliphatic carbocycles. The van der Waals surface area contributed by atoms with E-state index in [1.54, 1.807) is 39.3 Å². The lowest BCUT2D eigenvalue weighted by Crippen LogP contribution is -2.22. The number of benzene rings is 3. The Morgan fingerprint density at radius 1 is 1.08 bits per heavy atom. The number of aryl methyl sites for hydroxylation is 2. The molecular formula is C28H26N4O5. The van der Waals surface area contributed by atoms with Crippen LogP contribution in [0.15, 0.2) is 63.8 Å². The van der Waals surface area contributed by atoms with Crippen LogP contribution in [0.3, 0.4) is 0 Å². The summed E-state index contributed by atoms with van der Waals surface area (Å²) in [5.41, 5.74) is 9.63. The van der Waals surface area contributed by atoms with Crippen LogP contribution in [0.25, 0.3) is 22.0 Å². The van der Waals surface area contributed by atoms with Crippen LogP contribution in [0.1, 0.15) is 27.0 Å². The number of carbonyl (C=O) groups excluding carboxylic acids is 1. The Hall–Kier alpha value is -4.79. The first-order valence-corrected chi connectivity index (χ1v) is 11.6. The largest absolute Gasteiger partial charge is 0.497 e. The SMILES string of the molecule is COc1ccc(Nc2nc3cc4c(C)c(C(N)=O)c(=O)oc4cc3n2Cc2cccc(C)c2)c(OC)c1. The van der Waals surface area contributed by atoms with Crippen LogP contribution >= 0.6 is 0 Å². The lowest BCUT2D eigenvalue weighted by Gasteiger charge is -2.14. The van der Waals surface area contributed by atoms with E-state index < -0.39 is 11.5 Å². The maximum atomic E-state index is 12.5. The highest BCUT2D eigenvalue weighted by Gasteiger charge is 2.20. The van der Waals surface area contributed by atoms with Crippen LogP contribution in [0.4, 0.5) is 11.6 Å². The number of imidazole rings is 1. The summed E-state index contributed by atoms with van der Waals surface area (Å²) in [6, 6.07) is 17.2. The number of primary amides is 1. The maximum absolute atomic E-state index is 12.5. The summed E-state index contributed by atoms with van der Waals surface area (Å²) in [5.74, 6) is 0.988. The third-order valence-corrected chi connectivity index (χ3v) is 6.36. The number of carbonyl (C=O) groups is 1. The highest BCUT2D eigenvalue weighted by atomic mass is 16.5. The number of nitrogens with two attached hydrogens (primary N) is 1. The van der Waals surface area contributed by atoms with Crippen molar-refractivity contribution in [3.05, 3.63) is 87.3 Å². The molecule has 0 unspecified atom stereocenters. The predicted molar refractivity (Wildman–Crippen MR) is 142 cm³/mol. The molecule has 9 nitrogen and oxygen atoms in total. The quantitative estimate of drug-likeness (QED) is 0.313. The molecule has 0 saturated carbocycles. The van der Waals surface area contributed by atoms with Crippen molar-refractivity contribution in [2.45, 2.75) is 20.4 Å². The van der Waals surface area contributed by atoms with Gasteiger partial charge < -0.3 is 29.5 Å². The van der Waals surface area contributed by atoms with E-state index in [2.05, 4.69) is 11.4 Å². The van der Waals surface area contributed by atoms with E-state index in [0.29, 0.717) is 51.7 Å². The molecule has 3 N–H and O–H groups in total. The molecule has 2 heterocycles. The highest BCUT2D eigenvalue weighted by Crippen LogP contribution is 2.34. The molecule has 0 saturated heterocycles. The Morgan fingerprint density at radius 2 is 1.89 bits per heavy atom. The van der Waals surface area contributed by atoms with Gasteiger partial charge in [-0.15, -0.1) is 0 Å². The number of rotatable bonds is 7. The molecule has 1 amide bonds. The number of ether oxygens (including phenoxy) is 2. The summed E-state index contributed by atoms with van der Waals surface area (Å²) in [7, 11) is 3.18. The summed E-state index contributed by atoms with van der Waals surface area (Å²) < 4.78 is 18.4. The lowest BCUT2D eigenvalue weighted by atomic mass is 10.0. The minimum Gasteiger partial charge on any atom is -0.497 e. The van der Waals surface area contributed by atoms with Crippen molar-refractivity contribution in [1.29, 1.82) is 0 Å². The Morgan fingerprint density at radius 3 is 2.59 bits per heavy atom. The summed E-state index contributed by atoms with van der Waals surface area (Å²) in [6.07, 6.45) is 0. The zero-order chi connectivity index (χ0) is 26.3. The monoisotopic (exact) mass is 498 g/mol. The second-order valence-electron chi connectivity index (χ2n) is 8.79. The smallest absolute Gasteiger partial charge is 0.349 e. The second kappa shape index (κ2) is 9.34. The van der Waals surface area contributed by atoms with Crippen LogP contribution in [-0.4, -0.2) is 29.7 Å². The Labute approximate surface area is 212 Å². The molecule has 188 valence electrons. The van der Waals surface area contributed by atoms with E-state index >= 15 is 0 Å². The van der Waals surface area contributed by atoms with Gasteiger partial charge in [0.1, 0.15) is 22.6 Å². The first-order chi connectivity index (χ1) is 17.8. The van der Waals surface area contributed by atoms with Crippen molar-refractivity contribution < 1.29 is 18.7 Å². The van der Waals surface area contributed by atoms with Gasteiger partial charge in [-0.3, -0.25) is 4.79 Å². The van der Waals surface area contributed by atoms with E-state index in [4.69, 9.17) is 24.6 Å². The maximum Gasteiger partial charge on any atom is 0.349 e. The van der Waals surface area contributed by atoms with Crippen molar-refractivity contribution in [1.82, 2.24) is 9.55 Å². The summed E-state index contributed by atoms with van der Waals surface area (Å²) in [6.45, 7) is 4.22. The van der Waals surface area contributed by atoms with Gasteiger partial charge in [0.2, 0.25) is 5.95 Å². The molecule has 5 aromatic rings. The minimum absolute atomic E-state index is 0.160. The van der Waals surface area contributed by atoms with E-state index in [1.165, 1.54) is 0 Å². The Balaban J connectivity index is 1.73. The fourth-order valence-electron chi connectivity index (χ4n) is 4.52. The number of aromatic nitrogens is 2. The van der Waals surface area contributed by atoms with Crippen LogP contribution in [0, 0.1) is 13.8 Å². The molecule has 0 spiro atoms. The second-order valence-corrected chi connectivity index (χ2v) is 8.79. The van der Waals surface area contributed by atoms with E-state index in [-0.39, 0.29) is 5.56 Å². The number of hydrogen-bond donors (Lipinski definition) is 2. The van der Waals surface area contributed by atoms with Crippen LogP contribution in [0.2, 0.25) is 0 Å². The van der Waals surface area contributed by atoms with Gasteiger partial charge in [-0.05, 0) is 43.2 Å². The van der Waals surface area contributed by atoms with Crippen molar-refractivity contribution >= 4 is 39.5 Å². The number of anilines is 2. The topological polar surface area (TPSA) is 122 Å². The van der Waals surface area contributed by atoms with Gasteiger partial charge in [0.05, 0.1) is 37.5 Å². The fourth-order valence-corrected chi connectivity index (χ4v) is 4.52. The summed E-state index contributed by atoms with van der Waals surface area (Å²) in [5, 5.41) is 3.97. The van der Waals surface area contributed by atoms with E-state index in [1.807, 2.05) is 41.8 Å². The van der Waals surface area contributed by atoms with Crippen LogP contribution in [0.5, 0.6) is 11.5 Å². The van der Waals surface area contributed by atoms with E-state index in [9.17, 15) is 9.59 Å². The number of hydrogen-bond acceptors (Lipinski definition) is 7. The van der Waals surface area contributed by atoms with Crippen LogP contribution < -0.4 is 26.1 Å². The highest BCUT2D eigenvalue weighted by molar-refractivity contribution is 6.01. The summed E-state index contributed by atoms with van der Waals surface area (Å²) in [4.78, 5) is 29.2. The molecule has 37 heavy (non-hydrogen) atoms. The average Bonchev–Trinajstić information content (AvgIpc) is 3.18. The van der Waals surface area contributed by atoms with Crippen LogP contribution in [-0.2, 0) is 6.54 Å². The summed E-state index contributed by atoms with van der Waals surface area (Å²) >= 11 is 0. The zero-order valence-corrected chi connectivity index (χ0v) is 20.9. The van der Waals surface area contributed by atoms with Gasteiger partial charge in [0, 0.05) is 17.5 Å². The standard InChI is InChI=1S/C28H26N4O5/c1-15-6-5-7-17(10-15)14-32-22-13-23-19(16(2)25(26(29)33)27(34)37-23)12-21(22)31-28(32)30-20-9-8-18(35-3)11-24(20)36-4/h5-13H,14H2,1-4H3,(H2,29,33)(H,30,31). The molecule has 2 aromatic heterocycles. The van der Waals surface area contributed by atoms with Crippen molar-refractivity contribution in [3.63, 3.8) is 0 Å². The van der Waals surface area contributed by atoms with Gasteiger partial charge >= 0.3 is 5.63 Å². The molecule has 0 fully saturated rings. The number of methoxy groups -OCH3 is 2. The Kier molecular flexibility index (Phi) is 6.04. The third kappa shape index (κ3) is 4.35. The van der Waals surface area contributed by atoms with Gasteiger partial charge in [-0.2, -0.15) is 0 Å². The first-order valence-electron chi connectivity index (χ1n) is 11.6. The van der Waals surface area contributed by atoms with E-state index in [0.717, 1.165) is 16.6 Å². The molecule has 0 aliphatic rings. The van der Waals surface area contributed by atoms with Gasteiger partial charge in [0.15, 0.2) is 0 Å². The van der Waals surface area contributed by atoms with Gasteiger partial charge in [0.25, 0.3) is 5.91 Å². The third-order valence-electron chi connectivity index (χ3n) is 6.36. The fraction of sp³-hybridized carbons (Fsp3) is 0.179. The van der Waals surface area contributed by atoms with Crippen molar-refractivity contribution in [2.24, 2.45) is 5.73 Å². The molecule has 0 aliphatic heterocycles. The molecule has 0 atom stereocenters. The average molecular weight is 499 g/mol. The normalized spacial score (nSPS) is 11.1. The van der Waals surface area contributed by atoms with Crippen molar-refractivity contribution in [2.75, 3.05) is 19.5 Å². The number of nitrogens with zero attached hydrogens (tertiary/aromatic N) is 2. The van der Waals surface area contributed by atoms with Gasteiger partial charge in [-0.25, -0.2) is 9.78 Å². The molecule has 3 aromatic carbocycles. The predicted octanol–water partition coefficient (Wildman–Crippen LogP) is 4.67. The number of nitrogens with one attached hydrogen (secondary N) is 1. The number of fused-ring (bicyclic) bond motifs is 2. The molecule has 5 rings (SSSR count). The first kappa shape index (κ1) is 23.9. The van der Waals surface area contributed by atoms with Gasteiger partial charge in [-0.1, -0.05) is 29.8 Å². The lowest BCUT2D eigenvalue weighted by molar-refractivity contribution is 0.0996. The molecule has 0 bridgehead atoms. The zero-order valence-electron chi connectivity index (χ0n) is 20.9. The Bertz CT molecular complexity index is 1740. The molecular weight excluding hydrogens is 472 g/mol. The molecule has 9 heteroatoms. The molecule has 0 radical (unpaired) electrons. The number of amides is 1.